The first-order valence-corrected chi connectivity index (χ1v) is 5.39. The number of imide groups is 1. The molecular weight excluding hydrogens is 236 g/mol. The molecule has 0 bridgehead atoms. The zero-order valence-electron chi connectivity index (χ0n) is 9.77. The molecule has 3 amide bonds. The second kappa shape index (κ2) is 4.48. The highest BCUT2D eigenvalue weighted by molar-refractivity contribution is 6.06. The van der Waals surface area contributed by atoms with Crippen molar-refractivity contribution >= 4 is 17.7 Å². The van der Waals surface area contributed by atoms with E-state index in [0.717, 1.165) is 10.5 Å². The van der Waals surface area contributed by atoms with Crippen molar-refractivity contribution < 1.29 is 19.5 Å². The number of aromatic hydroxyl groups is 1. The lowest BCUT2D eigenvalue weighted by Crippen LogP contribution is -2.53. The maximum atomic E-state index is 12.1. The van der Waals surface area contributed by atoms with E-state index in [4.69, 9.17) is 0 Å². The summed E-state index contributed by atoms with van der Waals surface area (Å²) >= 11 is 0. The molecule has 1 aliphatic rings. The van der Waals surface area contributed by atoms with Crippen molar-refractivity contribution in [1.82, 2.24) is 10.2 Å². The molecule has 6 nitrogen and oxygen atoms in total. The zero-order valence-corrected chi connectivity index (χ0v) is 9.77. The first kappa shape index (κ1) is 12.1. The molecule has 0 aromatic heterocycles. The van der Waals surface area contributed by atoms with E-state index < -0.39 is 17.7 Å². The minimum absolute atomic E-state index is 0.0949. The number of carbonyl (C=O) groups excluding carboxylic acids is 3. The lowest BCUT2D eigenvalue weighted by molar-refractivity contribution is -0.135. The summed E-state index contributed by atoms with van der Waals surface area (Å²) in [6.45, 7) is 1.42. The Bertz CT molecular complexity index is 523. The van der Waals surface area contributed by atoms with Crippen molar-refractivity contribution in [3.63, 3.8) is 0 Å². The largest absolute Gasteiger partial charge is 0.507 e. The van der Waals surface area contributed by atoms with Crippen molar-refractivity contribution in [2.45, 2.75) is 6.92 Å². The van der Waals surface area contributed by atoms with E-state index in [1.165, 1.54) is 12.1 Å². The molecule has 1 saturated heterocycles. The SMILES string of the molecule is Cc1ccc(O)c(C(=O)N2CC(=O)NC(=O)C2)c1. The lowest BCUT2D eigenvalue weighted by Gasteiger charge is -2.25. The molecule has 0 spiro atoms. The minimum atomic E-state index is -0.528. The number of rotatable bonds is 1. The van der Waals surface area contributed by atoms with Gasteiger partial charge in [0.2, 0.25) is 11.8 Å². The number of piperazine rings is 1. The Labute approximate surface area is 103 Å². The Kier molecular flexibility index (Phi) is 3.01. The Morgan fingerprint density at radius 3 is 2.50 bits per heavy atom. The monoisotopic (exact) mass is 248 g/mol. The number of hydrogen-bond acceptors (Lipinski definition) is 4. The first-order chi connectivity index (χ1) is 8.47. The zero-order chi connectivity index (χ0) is 13.3. The lowest BCUT2D eigenvalue weighted by atomic mass is 10.1. The van der Waals surface area contributed by atoms with Gasteiger partial charge in [-0.05, 0) is 19.1 Å². The van der Waals surface area contributed by atoms with Gasteiger partial charge in [-0.15, -0.1) is 0 Å². The molecule has 0 aliphatic carbocycles. The van der Waals surface area contributed by atoms with Crippen molar-refractivity contribution in [2.24, 2.45) is 0 Å². The summed E-state index contributed by atoms with van der Waals surface area (Å²) in [7, 11) is 0. The Morgan fingerprint density at radius 2 is 1.89 bits per heavy atom. The van der Waals surface area contributed by atoms with Gasteiger partial charge in [0.25, 0.3) is 5.91 Å². The van der Waals surface area contributed by atoms with Gasteiger partial charge >= 0.3 is 0 Å². The fourth-order valence-electron chi connectivity index (χ4n) is 1.77. The summed E-state index contributed by atoms with van der Waals surface area (Å²) in [5.74, 6) is -1.73. The van der Waals surface area contributed by atoms with E-state index in [0.29, 0.717) is 0 Å². The standard InChI is InChI=1S/C12H12N2O4/c1-7-2-3-9(15)8(4-7)12(18)14-5-10(16)13-11(17)6-14/h2-4,15H,5-6H2,1H3,(H,13,16,17). The molecule has 0 radical (unpaired) electrons. The average Bonchev–Trinajstić information content (AvgIpc) is 2.30. The third kappa shape index (κ3) is 2.32. The van der Waals surface area contributed by atoms with Crippen molar-refractivity contribution in [3.05, 3.63) is 29.3 Å². The summed E-state index contributed by atoms with van der Waals surface area (Å²) in [5.41, 5.74) is 0.904. The van der Waals surface area contributed by atoms with Crippen LogP contribution in [-0.4, -0.2) is 40.8 Å². The molecule has 1 fully saturated rings. The predicted octanol–water partition coefficient (Wildman–Crippen LogP) is -0.201. The molecule has 2 rings (SSSR count). The van der Waals surface area contributed by atoms with Gasteiger partial charge in [-0.2, -0.15) is 0 Å². The molecule has 6 heteroatoms. The molecule has 0 saturated carbocycles. The predicted molar refractivity (Wildman–Crippen MR) is 61.9 cm³/mol. The number of benzene rings is 1. The van der Waals surface area contributed by atoms with Crippen LogP contribution in [0.4, 0.5) is 0 Å². The molecule has 1 aromatic rings. The van der Waals surface area contributed by atoms with Gasteiger partial charge in [-0.1, -0.05) is 11.6 Å². The summed E-state index contributed by atoms with van der Waals surface area (Å²) in [6.07, 6.45) is 0. The molecule has 2 N–H and O–H groups in total. The van der Waals surface area contributed by atoms with E-state index in [-0.39, 0.29) is 24.4 Å². The number of hydrogen-bond donors (Lipinski definition) is 2. The smallest absolute Gasteiger partial charge is 0.258 e. The van der Waals surface area contributed by atoms with Gasteiger partial charge in [0, 0.05) is 0 Å². The first-order valence-electron chi connectivity index (χ1n) is 5.39. The molecule has 0 unspecified atom stereocenters. The molecule has 1 heterocycles. The molecule has 94 valence electrons. The van der Waals surface area contributed by atoms with Crippen LogP contribution in [0.5, 0.6) is 5.75 Å². The van der Waals surface area contributed by atoms with Gasteiger partial charge in [0.05, 0.1) is 5.56 Å². The number of phenols is 1. The highest BCUT2D eigenvalue weighted by atomic mass is 16.3. The van der Waals surface area contributed by atoms with Crippen molar-refractivity contribution in [1.29, 1.82) is 0 Å². The highest BCUT2D eigenvalue weighted by Crippen LogP contribution is 2.20. The maximum Gasteiger partial charge on any atom is 0.258 e. The van der Waals surface area contributed by atoms with Crippen molar-refractivity contribution in [2.75, 3.05) is 13.1 Å². The Hall–Kier alpha value is -2.37. The molecule has 1 aromatic carbocycles. The summed E-state index contributed by atoms with van der Waals surface area (Å²) in [6, 6.07) is 4.60. The summed E-state index contributed by atoms with van der Waals surface area (Å²) < 4.78 is 0. The van der Waals surface area contributed by atoms with Gasteiger partial charge in [0.1, 0.15) is 18.8 Å². The second-order valence-electron chi connectivity index (χ2n) is 4.15. The summed E-state index contributed by atoms with van der Waals surface area (Å²) in [4.78, 5) is 35.6. The van der Waals surface area contributed by atoms with Gasteiger partial charge in [-0.3, -0.25) is 19.7 Å². The highest BCUT2D eigenvalue weighted by Gasteiger charge is 2.28. The molecule has 0 atom stereocenters. The maximum absolute atomic E-state index is 12.1. The molecule has 1 aliphatic heterocycles. The third-order valence-electron chi connectivity index (χ3n) is 2.62. The van der Waals surface area contributed by atoms with Gasteiger partial charge < -0.3 is 10.0 Å². The number of nitrogens with one attached hydrogen (secondary N) is 1. The second-order valence-corrected chi connectivity index (χ2v) is 4.15. The van der Waals surface area contributed by atoms with E-state index in [2.05, 4.69) is 5.32 Å². The van der Waals surface area contributed by atoms with Crippen molar-refractivity contribution in [3.8, 4) is 5.75 Å². The molecule has 18 heavy (non-hydrogen) atoms. The van der Waals surface area contributed by atoms with Crippen LogP contribution in [-0.2, 0) is 9.59 Å². The van der Waals surface area contributed by atoms with Crippen LogP contribution in [0.1, 0.15) is 15.9 Å². The van der Waals surface area contributed by atoms with E-state index >= 15 is 0 Å². The van der Waals surface area contributed by atoms with Crippen LogP contribution in [0, 0.1) is 6.92 Å². The number of nitrogens with zero attached hydrogens (tertiary/aromatic N) is 1. The van der Waals surface area contributed by atoms with Crippen LogP contribution in [0.25, 0.3) is 0 Å². The van der Waals surface area contributed by atoms with Crippen LogP contribution in [0.15, 0.2) is 18.2 Å². The van der Waals surface area contributed by atoms with E-state index in [9.17, 15) is 19.5 Å². The number of aryl methyl sites for hydroxylation is 1. The van der Waals surface area contributed by atoms with Gasteiger partial charge in [0.15, 0.2) is 0 Å². The fourth-order valence-corrected chi connectivity index (χ4v) is 1.77. The minimum Gasteiger partial charge on any atom is -0.507 e. The topological polar surface area (TPSA) is 86.7 Å². The van der Waals surface area contributed by atoms with E-state index in [1.807, 2.05) is 0 Å². The molecular formula is C12H12N2O4. The number of amides is 3. The Morgan fingerprint density at radius 1 is 1.28 bits per heavy atom. The van der Waals surface area contributed by atoms with Crippen LogP contribution in [0.2, 0.25) is 0 Å². The Balaban J connectivity index is 2.28. The third-order valence-corrected chi connectivity index (χ3v) is 2.62. The quantitative estimate of drug-likeness (QED) is 0.674. The van der Waals surface area contributed by atoms with Gasteiger partial charge in [-0.25, -0.2) is 0 Å². The summed E-state index contributed by atoms with van der Waals surface area (Å²) in [5, 5.41) is 11.7. The normalized spacial score (nSPS) is 15.5. The van der Waals surface area contributed by atoms with Crippen LogP contribution in [0.3, 0.4) is 0 Å². The van der Waals surface area contributed by atoms with Crippen LogP contribution >= 0.6 is 0 Å². The average molecular weight is 248 g/mol. The number of phenolic OH excluding ortho intramolecular Hbond substituents is 1. The van der Waals surface area contributed by atoms with E-state index in [1.54, 1.807) is 13.0 Å². The van der Waals surface area contributed by atoms with Crippen LogP contribution < -0.4 is 5.32 Å². The number of carbonyl (C=O) groups is 3. The fraction of sp³-hybridized carbons (Fsp3) is 0.250.